The van der Waals surface area contributed by atoms with Crippen LogP contribution in [0.2, 0.25) is 0 Å². The first-order valence-corrected chi connectivity index (χ1v) is 15.6. The Morgan fingerprint density at radius 1 is 0.878 bits per heavy atom. The Bertz CT molecular complexity index is 2610. The van der Waals surface area contributed by atoms with E-state index in [-0.39, 0.29) is 36.9 Å². The molecule has 0 saturated carbocycles. The summed E-state index contributed by atoms with van der Waals surface area (Å²) < 4.78 is 93.9. The van der Waals surface area contributed by atoms with Crippen LogP contribution in [-0.2, 0) is 32.9 Å². The van der Waals surface area contributed by atoms with Crippen molar-refractivity contribution in [1.82, 2.24) is 15.0 Å². The van der Waals surface area contributed by atoms with E-state index in [1.165, 1.54) is 18.3 Å². The third kappa shape index (κ3) is 8.78. The molecule has 5 heteroatoms. The van der Waals surface area contributed by atoms with E-state index in [4.69, 9.17) is 19.5 Å². The molecule has 7 rings (SSSR count). The van der Waals surface area contributed by atoms with Crippen LogP contribution in [-0.4, -0.2) is 15.0 Å². The fourth-order valence-corrected chi connectivity index (χ4v) is 5.23. The Labute approximate surface area is 319 Å². The van der Waals surface area contributed by atoms with Gasteiger partial charge in [-0.05, 0) is 70.8 Å². The number of pyridine rings is 3. The second-order valence-corrected chi connectivity index (χ2v) is 12.6. The molecule has 0 N–H and O–H groups in total. The fraction of sp³-hybridized carbons (Fsp3) is 0.250. The predicted octanol–water partition coefficient (Wildman–Crippen LogP) is 11.3. The van der Waals surface area contributed by atoms with Crippen LogP contribution in [0, 0.1) is 31.3 Å². The number of furan rings is 1. The molecule has 0 spiro atoms. The summed E-state index contributed by atoms with van der Waals surface area (Å²) in [6.07, 6.45) is -0.475. The fourth-order valence-electron chi connectivity index (χ4n) is 5.23. The van der Waals surface area contributed by atoms with Crippen LogP contribution in [0.15, 0.2) is 108 Å². The molecule has 4 aromatic heterocycles. The molecule has 0 fully saturated rings. The maximum atomic E-state index is 8.64. The van der Waals surface area contributed by atoms with Crippen molar-refractivity contribution in [3.63, 3.8) is 0 Å². The van der Waals surface area contributed by atoms with Crippen LogP contribution in [0.5, 0.6) is 0 Å². The van der Waals surface area contributed by atoms with Crippen molar-refractivity contribution in [2.75, 3.05) is 0 Å². The van der Waals surface area contributed by atoms with E-state index in [0.29, 0.717) is 50.5 Å². The Hall–Kier alpha value is -4.44. The number of hydrogen-bond donors (Lipinski definition) is 0. The van der Waals surface area contributed by atoms with E-state index in [2.05, 4.69) is 27.1 Å². The van der Waals surface area contributed by atoms with E-state index in [1.807, 2.05) is 39.0 Å². The zero-order valence-corrected chi connectivity index (χ0v) is 30.3. The van der Waals surface area contributed by atoms with Crippen LogP contribution >= 0.6 is 0 Å². The van der Waals surface area contributed by atoms with Gasteiger partial charge in [-0.2, -0.15) is 0 Å². The van der Waals surface area contributed by atoms with Crippen molar-refractivity contribution in [1.29, 1.82) is 0 Å². The van der Waals surface area contributed by atoms with Crippen molar-refractivity contribution < 1.29 is 39.6 Å². The predicted molar refractivity (Wildman–Crippen MR) is 198 cm³/mol. The molecule has 0 amide bonds. The number of aryl methyl sites for hydroxylation is 2. The molecular weight excluding hydrogens is 779 g/mol. The zero-order chi connectivity index (χ0) is 43.3. The van der Waals surface area contributed by atoms with Gasteiger partial charge in [0.05, 0.1) is 5.58 Å². The summed E-state index contributed by atoms with van der Waals surface area (Å²) in [5.41, 5.74) is 4.34. The molecule has 0 aliphatic rings. The van der Waals surface area contributed by atoms with Gasteiger partial charge in [-0.15, -0.1) is 53.6 Å². The van der Waals surface area contributed by atoms with Crippen LogP contribution in [0.1, 0.15) is 89.1 Å². The van der Waals surface area contributed by atoms with Gasteiger partial charge < -0.3 is 14.4 Å². The van der Waals surface area contributed by atoms with Gasteiger partial charge in [-0.25, -0.2) is 4.98 Å². The number of nitrogens with zero attached hydrogens (tertiary/aromatic N) is 3. The number of fused-ring (bicyclic) bond motifs is 3. The van der Waals surface area contributed by atoms with E-state index in [0.717, 1.165) is 10.8 Å². The van der Waals surface area contributed by atoms with Gasteiger partial charge >= 0.3 is 0 Å². The van der Waals surface area contributed by atoms with E-state index in [9.17, 15) is 0 Å². The van der Waals surface area contributed by atoms with Gasteiger partial charge in [0.25, 0.3) is 0 Å². The van der Waals surface area contributed by atoms with Crippen molar-refractivity contribution in [2.45, 2.75) is 67.0 Å². The Balaban J connectivity index is 0.000000240. The topological polar surface area (TPSA) is 51.8 Å². The second-order valence-electron chi connectivity index (χ2n) is 12.6. The molecule has 4 heterocycles. The molecule has 1 radical (unpaired) electrons. The Kier molecular flexibility index (Phi) is 7.49. The van der Waals surface area contributed by atoms with E-state index >= 15 is 0 Å². The maximum Gasteiger partial charge on any atom is 0.216 e. The van der Waals surface area contributed by atoms with Crippen LogP contribution in [0.3, 0.4) is 0 Å². The summed E-state index contributed by atoms with van der Waals surface area (Å²) in [6, 6.07) is 31.7. The molecule has 0 saturated heterocycles. The quantitative estimate of drug-likeness (QED) is 0.157. The maximum absolute atomic E-state index is 8.64. The third-order valence-corrected chi connectivity index (χ3v) is 7.41. The summed E-state index contributed by atoms with van der Waals surface area (Å²) in [5.74, 6) is -1.11. The molecule has 3 aromatic carbocycles. The molecule has 49 heavy (non-hydrogen) atoms. The molecule has 251 valence electrons. The van der Waals surface area contributed by atoms with Crippen molar-refractivity contribution in [2.24, 2.45) is 5.41 Å². The van der Waals surface area contributed by atoms with Crippen molar-refractivity contribution in [3.05, 3.63) is 149 Å². The van der Waals surface area contributed by atoms with Crippen LogP contribution < -0.4 is 0 Å². The average molecular weight is 833 g/mol. The second kappa shape index (κ2) is 15.4. The largest absolute Gasteiger partial charge is 0.486 e. The molecule has 0 aliphatic heterocycles. The van der Waals surface area contributed by atoms with E-state index < -0.39 is 37.8 Å². The van der Waals surface area contributed by atoms with Crippen LogP contribution in [0.25, 0.3) is 44.6 Å². The summed E-state index contributed by atoms with van der Waals surface area (Å²) >= 11 is 0. The minimum absolute atomic E-state index is 0. The summed E-state index contributed by atoms with van der Waals surface area (Å²) in [4.78, 5) is 13.2. The van der Waals surface area contributed by atoms with Gasteiger partial charge in [0.15, 0.2) is 0 Å². The molecular formula is C44H43IrN3O-2. The molecule has 0 aliphatic carbocycles. The number of rotatable bonds is 6. The minimum atomic E-state index is -2.35. The average Bonchev–Trinajstić information content (AvgIpc) is 3.55. The minimum Gasteiger partial charge on any atom is -0.486 e. The van der Waals surface area contributed by atoms with Gasteiger partial charge in [-0.1, -0.05) is 100 Å². The molecule has 0 atom stereocenters. The zero-order valence-electron chi connectivity index (χ0n) is 38.9. The number of hydrogen-bond acceptors (Lipinski definition) is 4. The van der Waals surface area contributed by atoms with E-state index in [1.54, 1.807) is 80.7 Å². The summed E-state index contributed by atoms with van der Waals surface area (Å²) in [5, 5.41) is 1.59. The van der Waals surface area contributed by atoms with Gasteiger partial charge in [0, 0.05) is 65.0 Å². The molecule has 4 nitrogen and oxygen atoms in total. The van der Waals surface area contributed by atoms with Crippen molar-refractivity contribution >= 4 is 22.1 Å². The SMILES string of the molecule is [2H]C([2H])([2H])c1c[c-]c(-c2cc(C([2H])(C)C)c(C([2H])([2H])[2H])cn2)cc1.[2H]C([2H])(c1ccccc1)c1ccc2c(n1)oc1c(-c3cc(C([2H])([2H])C(C)(C)C)ccn3)[c-]ccc12.[Ir]. The van der Waals surface area contributed by atoms with Gasteiger partial charge in [-0.3, -0.25) is 0 Å². The smallest absolute Gasteiger partial charge is 0.216 e. The first-order chi connectivity index (χ1) is 27.3. The normalized spacial score (nSPS) is 16.0. The molecule has 0 bridgehead atoms. The molecule has 0 unspecified atom stereocenters. The number of aromatic nitrogens is 3. The third-order valence-electron chi connectivity index (χ3n) is 7.41. The summed E-state index contributed by atoms with van der Waals surface area (Å²) in [7, 11) is 0. The van der Waals surface area contributed by atoms with Crippen molar-refractivity contribution in [3.8, 4) is 22.5 Å². The molecule has 7 aromatic rings. The number of benzene rings is 3. The monoisotopic (exact) mass is 833 g/mol. The Morgan fingerprint density at radius 2 is 1.71 bits per heavy atom. The standard InChI is InChI=1S/C28H25N2O.C16H18N.Ir/c1-28(2,3)18-20-14-15-29-25(17-20)24-11-7-10-22-23-13-12-21(30-27(23)31-26(22)24)16-19-8-5-4-6-9-19;1-11(2)15-9-16(17-10-13(15)4)14-7-5-12(3)6-8-14;/h4-10,12-15,17H,16,18H2,1-3H3;5-7,9-11H,1-4H3;/q2*-1;/i16D2,18D2;3D3,4D3,11D;. The first kappa shape index (κ1) is 23.8. The first-order valence-electron chi connectivity index (χ1n) is 21.1. The van der Waals surface area contributed by atoms with Gasteiger partial charge in [0.1, 0.15) is 0 Å². The Morgan fingerprint density at radius 3 is 2.43 bits per heavy atom. The summed E-state index contributed by atoms with van der Waals surface area (Å²) in [6.45, 7) is 4.28. The van der Waals surface area contributed by atoms with Gasteiger partial charge in [0.2, 0.25) is 5.71 Å². The van der Waals surface area contributed by atoms with Crippen LogP contribution in [0.4, 0.5) is 0 Å².